The first kappa shape index (κ1) is 15.4. The van der Waals surface area contributed by atoms with Crippen LogP contribution in [0, 0.1) is 0 Å². The van der Waals surface area contributed by atoms with Crippen LogP contribution in [0.15, 0.2) is 28.4 Å². The first-order valence-electron chi connectivity index (χ1n) is 7.41. The van der Waals surface area contributed by atoms with Crippen molar-refractivity contribution in [2.45, 2.75) is 29.7 Å². The Hall–Kier alpha value is -1.15. The lowest BCUT2D eigenvalue weighted by molar-refractivity contribution is 0.637. The first-order chi connectivity index (χ1) is 11.0. The highest BCUT2D eigenvalue weighted by molar-refractivity contribution is 8.01. The lowest BCUT2D eigenvalue weighted by Crippen LogP contribution is -2.24. The van der Waals surface area contributed by atoms with E-state index >= 15 is 0 Å². The Bertz CT molecular complexity index is 876. The van der Waals surface area contributed by atoms with Crippen molar-refractivity contribution in [3.05, 3.63) is 34.5 Å². The second-order valence-corrected chi connectivity index (χ2v) is 9.04. The van der Waals surface area contributed by atoms with Gasteiger partial charge in [0.15, 0.2) is 15.3 Å². The molecule has 1 atom stereocenters. The molecular formula is C15H17ClN4OS2. The molecule has 3 heterocycles. The molecule has 5 nitrogen and oxygen atoms in total. The summed E-state index contributed by atoms with van der Waals surface area (Å²) in [5.74, 6) is 4.83. The summed E-state index contributed by atoms with van der Waals surface area (Å²) in [6.45, 7) is 2.61. The number of benzene rings is 1. The highest BCUT2D eigenvalue weighted by atomic mass is 35.5. The first-order valence-corrected chi connectivity index (χ1v) is 10.5. The second-order valence-electron chi connectivity index (χ2n) is 5.68. The van der Waals surface area contributed by atoms with E-state index in [1.54, 1.807) is 11.8 Å². The van der Waals surface area contributed by atoms with Gasteiger partial charge in [0.05, 0.1) is 9.71 Å². The molecule has 0 spiro atoms. The molecule has 2 aromatic rings. The molecule has 23 heavy (non-hydrogen) atoms. The lowest BCUT2D eigenvalue weighted by Gasteiger charge is -2.19. The van der Waals surface area contributed by atoms with Crippen molar-refractivity contribution in [3.8, 4) is 0 Å². The Morgan fingerprint density at radius 1 is 1.43 bits per heavy atom. The summed E-state index contributed by atoms with van der Waals surface area (Å²) in [5.41, 5.74) is 3.38. The molecule has 4 rings (SSSR count). The summed E-state index contributed by atoms with van der Waals surface area (Å²) in [5, 5.41) is 4.94. The van der Waals surface area contributed by atoms with Crippen molar-refractivity contribution < 1.29 is 4.21 Å². The third-order valence-electron chi connectivity index (χ3n) is 4.08. The second kappa shape index (κ2) is 5.73. The molecule has 0 aliphatic carbocycles. The number of nitrogens with zero attached hydrogens (tertiary/aromatic N) is 2. The minimum Gasteiger partial charge on any atom is -0.312 e. The molecule has 0 fully saturated rings. The number of thioether (sulfide) groups is 1. The molecule has 0 amide bonds. The third-order valence-corrected chi connectivity index (χ3v) is 7.02. The number of nitrogens with one attached hydrogen (secondary N) is 2. The maximum absolute atomic E-state index is 13.2. The number of rotatable bonds is 3. The van der Waals surface area contributed by atoms with Gasteiger partial charge in [-0.05, 0) is 42.1 Å². The molecule has 8 heteroatoms. The summed E-state index contributed by atoms with van der Waals surface area (Å²) < 4.78 is 18.2. The summed E-state index contributed by atoms with van der Waals surface area (Å²) in [6.07, 6.45) is 0.975. The highest BCUT2D eigenvalue weighted by Gasteiger charge is 2.26. The molecule has 1 unspecified atom stereocenters. The fourth-order valence-electron chi connectivity index (χ4n) is 3.02. The zero-order valence-corrected chi connectivity index (χ0v) is 14.9. The molecule has 2 N–H and O–H groups in total. The average Bonchev–Trinajstić information content (AvgIpc) is 3.06. The standard InChI is InChI=1S/C15H17ClN4OS2/c1-23(21,14-13(16)18-15-20(14)6-7-22-15)19-12-3-2-11-9-17-5-4-10(11)8-12/h2-3,8,17H,1,4-7,9H2,(H,19,21). The van der Waals surface area contributed by atoms with E-state index in [2.05, 4.69) is 33.0 Å². The molecule has 0 saturated heterocycles. The van der Waals surface area contributed by atoms with Crippen molar-refractivity contribution in [3.63, 3.8) is 0 Å². The van der Waals surface area contributed by atoms with E-state index in [1.165, 1.54) is 11.1 Å². The van der Waals surface area contributed by atoms with E-state index in [4.69, 9.17) is 11.6 Å². The minimum atomic E-state index is -2.76. The van der Waals surface area contributed by atoms with Gasteiger partial charge in [0.2, 0.25) is 0 Å². The predicted octanol–water partition coefficient (Wildman–Crippen LogP) is 2.39. The van der Waals surface area contributed by atoms with Gasteiger partial charge in [-0.1, -0.05) is 29.4 Å². The summed E-state index contributed by atoms with van der Waals surface area (Å²) in [7, 11) is -2.76. The minimum absolute atomic E-state index is 0.280. The smallest absolute Gasteiger partial charge is 0.170 e. The van der Waals surface area contributed by atoms with E-state index in [9.17, 15) is 4.21 Å². The van der Waals surface area contributed by atoms with Crippen LogP contribution in [0.3, 0.4) is 0 Å². The van der Waals surface area contributed by atoms with Gasteiger partial charge in [-0.3, -0.25) is 0 Å². The molecule has 2 aliphatic heterocycles. The van der Waals surface area contributed by atoms with Gasteiger partial charge in [-0.25, -0.2) is 9.19 Å². The topological polar surface area (TPSA) is 59.0 Å². The van der Waals surface area contributed by atoms with E-state index in [-0.39, 0.29) is 5.15 Å². The molecule has 0 bridgehead atoms. The number of hydrogen-bond donors (Lipinski definition) is 2. The highest BCUT2D eigenvalue weighted by Crippen LogP contribution is 2.34. The summed E-state index contributed by atoms with van der Waals surface area (Å²) in [4.78, 5) is 4.29. The molecule has 122 valence electrons. The predicted molar refractivity (Wildman–Crippen MR) is 97.0 cm³/mol. The molecule has 0 saturated carbocycles. The number of hydrogen-bond acceptors (Lipinski definition) is 4. The van der Waals surface area contributed by atoms with Gasteiger partial charge >= 0.3 is 0 Å². The Morgan fingerprint density at radius 2 is 2.30 bits per heavy atom. The van der Waals surface area contributed by atoms with Crippen LogP contribution >= 0.6 is 23.4 Å². The molecule has 0 radical (unpaired) electrons. The van der Waals surface area contributed by atoms with E-state index in [0.29, 0.717) is 5.03 Å². The zero-order chi connectivity index (χ0) is 16.0. The van der Waals surface area contributed by atoms with Crippen molar-refractivity contribution in [1.29, 1.82) is 0 Å². The van der Waals surface area contributed by atoms with Crippen molar-refractivity contribution >= 4 is 44.6 Å². The van der Waals surface area contributed by atoms with Crippen molar-refractivity contribution in [2.24, 2.45) is 0 Å². The number of fused-ring (bicyclic) bond motifs is 2. The number of anilines is 1. The van der Waals surface area contributed by atoms with Crippen LogP contribution in [0.4, 0.5) is 5.69 Å². The van der Waals surface area contributed by atoms with Gasteiger partial charge < -0.3 is 14.6 Å². The maximum Gasteiger partial charge on any atom is 0.170 e. The number of imidazole rings is 1. The van der Waals surface area contributed by atoms with Crippen LogP contribution in [0.5, 0.6) is 0 Å². The monoisotopic (exact) mass is 368 g/mol. The largest absolute Gasteiger partial charge is 0.312 e. The van der Waals surface area contributed by atoms with Crippen LogP contribution in [-0.4, -0.2) is 31.9 Å². The van der Waals surface area contributed by atoms with Crippen LogP contribution in [-0.2, 0) is 29.2 Å². The van der Waals surface area contributed by atoms with E-state index in [0.717, 1.165) is 42.7 Å². The number of aromatic nitrogens is 2. The van der Waals surface area contributed by atoms with Crippen LogP contribution in [0.25, 0.3) is 0 Å². The molecular weight excluding hydrogens is 352 g/mol. The molecule has 1 aromatic carbocycles. The Labute approximate surface area is 145 Å². The zero-order valence-electron chi connectivity index (χ0n) is 12.5. The fraction of sp³-hybridized carbons (Fsp3) is 0.333. The van der Waals surface area contributed by atoms with E-state index in [1.807, 2.05) is 10.6 Å². The van der Waals surface area contributed by atoms with Crippen molar-refractivity contribution in [1.82, 2.24) is 14.9 Å². The van der Waals surface area contributed by atoms with Gasteiger partial charge in [-0.15, -0.1) is 0 Å². The summed E-state index contributed by atoms with van der Waals surface area (Å²) >= 11 is 7.84. The molecule has 2 aliphatic rings. The Balaban J connectivity index is 1.68. The van der Waals surface area contributed by atoms with Gasteiger partial charge in [-0.2, -0.15) is 0 Å². The van der Waals surface area contributed by atoms with Crippen LogP contribution < -0.4 is 10.0 Å². The van der Waals surface area contributed by atoms with Crippen LogP contribution in [0.1, 0.15) is 11.1 Å². The SMILES string of the molecule is C=S(=O)(Nc1ccc2c(c1)CCNC2)c1c(Cl)nc2n1CCS2. The molecule has 1 aromatic heterocycles. The maximum atomic E-state index is 13.2. The quantitative estimate of drug-likeness (QED) is 0.817. The fourth-order valence-corrected chi connectivity index (χ4v) is 6.09. The number of halogens is 1. The van der Waals surface area contributed by atoms with Gasteiger partial charge in [0.25, 0.3) is 0 Å². The Kier molecular flexibility index (Phi) is 3.84. The van der Waals surface area contributed by atoms with Crippen LogP contribution in [0.2, 0.25) is 5.15 Å². The summed E-state index contributed by atoms with van der Waals surface area (Å²) in [6, 6.07) is 6.07. The van der Waals surface area contributed by atoms with E-state index < -0.39 is 9.71 Å². The lowest BCUT2D eigenvalue weighted by atomic mass is 10.0. The third kappa shape index (κ3) is 2.76. The van der Waals surface area contributed by atoms with Gasteiger partial charge in [0.1, 0.15) is 0 Å². The Morgan fingerprint density at radius 3 is 3.17 bits per heavy atom. The van der Waals surface area contributed by atoms with Gasteiger partial charge in [0, 0.05) is 24.5 Å². The normalized spacial score (nSPS) is 19.0. The van der Waals surface area contributed by atoms with Crippen molar-refractivity contribution in [2.75, 3.05) is 17.0 Å². The average molecular weight is 369 g/mol.